The lowest BCUT2D eigenvalue weighted by Gasteiger charge is -2.02. The van der Waals surface area contributed by atoms with E-state index in [9.17, 15) is 14.7 Å². The van der Waals surface area contributed by atoms with Crippen molar-refractivity contribution < 1.29 is 14.7 Å². The van der Waals surface area contributed by atoms with E-state index in [1.165, 1.54) is 17.8 Å². The Bertz CT molecular complexity index is 879. The van der Waals surface area contributed by atoms with Crippen molar-refractivity contribution in [2.45, 2.75) is 0 Å². The number of amides is 1. The van der Waals surface area contributed by atoms with Gasteiger partial charge in [0, 0.05) is 4.47 Å². The number of halogens is 1. The molecule has 0 spiro atoms. The highest BCUT2D eigenvalue weighted by molar-refractivity contribution is 9.10. The number of hydrogen-bond donors (Lipinski definition) is 2. The van der Waals surface area contributed by atoms with E-state index >= 15 is 0 Å². The Kier molecular flexibility index (Phi) is 4.82. The van der Waals surface area contributed by atoms with Gasteiger partial charge in [-0.2, -0.15) is 0 Å². The van der Waals surface area contributed by atoms with Gasteiger partial charge in [0.1, 0.15) is 0 Å². The summed E-state index contributed by atoms with van der Waals surface area (Å²) in [4.78, 5) is 28.1. The number of nitrogens with zero attached hydrogens (tertiary/aromatic N) is 1. The molecule has 2 N–H and O–H groups in total. The van der Waals surface area contributed by atoms with Crippen LogP contribution in [0.4, 0.5) is 5.69 Å². The molecule has 0 unspecified atom stereocenters. The normalized spacial score (nSPS) is 17.3. The van der Waals surface area contributed by atoms with Crippen molar-refractivity contribution in [3.63, 3.8) is 0 Å². The predicted octanol–water partition coefficient (Wildman–Crippen LogP) is 4.04. The summed E-state index contributed by atoms with van der Waals surface area (Å²) in [5, 5.41) is 12.3. The van der Waals surface area contributed by atoms with Crippen molar-refractivity contribution in [2.24, 2.45) is 4.99 Å². The number of carbonyl (C=O) groups is 2. The van der Waals surface area contributed by atoms with Crippen LogP contribution in [-0.4, -0.2) is 22.2 Å². The Morgan fingerprint density at radius 1 is 1.21 bits per heavy atom. The second-order valence-electron chi connectivity index (χ2n) is 4.86. The van der Waals surface area contributed by atoms with Crippen molar-refractivity contribution in [1.82, 2.24) is 5.32 Å². The van der Waals surface area contributed by atoms with Crippen molar-refractivity contribution >= 4 is 56.5 Å². The first-order chi connectivity index (χ1) is 11.5. The molecule has 7 heteroatoms. The topological polar surface area (TPSA) is 78.8 Å². The molecule has 120 valence electrons. The molecule has 2 aromatic rings. The van der Waals surface area contributed by atoms with Gasteiger partial charge in [0.25, 0.3) is 5.91 Å². The molecule has 1 amide bonds. The van der Waals surface area contributed by atoms with Crippen LogP contribution in [0.5, 0.6) is 0 Å². The molecule has 0 radical (unpaired) electrons. The number of aliphatic imine (C=N–C) groups is 1. The molecule has 0 aliphatic carbocycles. The van der Waals surface area contributed by atoms with Gasteiger partial charge in [0.05, 0.1) is 16.2 Å². The molecule has 1 heterocycles. The maximum absolute atomic E-state index is 12.0. The van der Waals surface area contributed by atoms with E-state index in [2.05, 4.69) is 26.2 Å². The first-order valence-electron chi connectivity index (χ1n) is 6.90. The highest BCUT2D eigenvalue weighted by atomic mass is 79.9. The Morgan fingerprint density at radius 3 is 2.67 bits per heavy atom. The van der Waals surface area contributed by atoms with E-state index < -0.39 is 5.97 Å². The molecule has 0 bridgehead atoms. The minimum absolute atomic E-state index is 0.0622. The standard InChI is InChI=1S/C17H11BrN2O3S/c18-11-6-7-13(12(9-11)16(22)23)19-17-20-15(21)14(24-17)8-10-4-2-1-3-5-10/h1-9H,(H,22,23)(H,19,20,21)/b14-8-. The number of benzene rings is 2. The summed E-state index contributed by atoms with van der Waals surface area (Å²) < 4.78 is 0.650. The first kappa shape index (κ1) is 16.5. The van der Waals surface area contributed by atoms with Gasteiger partial charge in [-0.15, -0.1) is 0 Å². The monoisotopic (exact) mass is 402 g/mol. The lowest BCUT2D eigenvalue weighted by Crippen LogP contribution is -2.19. The lowest BCUT2D eigenvalue weighted by atomic mass is 10.2. The third kappa shape index (κ3) is 3.74. The Balaban J connectivity index is 1.90. The molecule has 2 aromatic carbocycles. The number of rotatable bonds is 3. The van der Waals surface area contributed by atoms with E-state index in [1.54, 1.807) is 18.2 Å². The van der Waals surface area contributed by atoms with Gasteiger partial charge in [-0.05, 0) is 41.6 Å². The number of carboxylic acid groups (broad SMARTS) is 1. The molecule has 1 fully saturated rings. The smallest absolute Gasteiger partial charge is 0.337 e. The van der Waals surface area contributed by atoms with Gasteiger partial charge < -0.3 is 10.4 Å². The van der Waals surface area contributed by atoms with Gasteiger partial charge >= 0.3 is 5.97 Å². The zero-order valence-electron chi connectivity index (χ0n) is 12.2. The van der Waals surface area contributed by atoms with Gasteiger partial charge in [-0.1, -0.05) is 46.3 Å². The third-order valence-electron chi connectivity index (χ3n) is 3.16. The Hall–Kier alpha value is -2.38. The first-order valence-corrected chi connectivity index (χ1v) is 8.51. The van der Waals surface area contributed by atoms with Gasteiger partial charge in [0.15, 0.2) is 5.17 Å². The van der Waals surface area contributed by atoms with Crippen molar-refractivity contribution in [3.05, 3.63) is 69.0 Å². The molecule has 3 rings (SSSR count). The number of hydrogen-bond acceptors (Lipinski definition) is 4. The van der Waals surface area contributed by atoms with E-state index in [0.717, 1.165) is 5.56 Å². The predicted molar refractivity (Wildman–Crippen MR) is 98.3 cm³/mol. The third-order valence-corrected chi connectivity index (χ3v) is 4.56. The summed E-state index contributed by atoms with van der Waals surface area (Å²) in [7, 11) is 0. The molecule has 5 nitrogen and oxygen atoms in total. The summed E-state index contributed by atoms with van der Waals surface area (Å²) in [6, 6.07) is 14.2. The van der Waals surface area contributed by atoms with Crippen LogP contribution in [0.2, 0.25) is 0 Å². The molecule has 0 aromatic heterocycles. The largest absolute Gasteiger partial charge is 0.478 e. The van der Waals surface area contributed by atoms with Crippen LogP contribution in [0.3, 0.4) is 0 Å². The average Bonchev–Trinajstić information content (AvgIpc) is 2.89. The molecule has 1 saturated heterocycles. The van der Waals surface area contributed by atoms with E-state index in [1.807, 2.05) is 30.3 Å². The van der Waals surface area contributed by atoms with Crippen LogP contribution >= 0.6 is 27.7 Å². The van der Waals surface area contributed by atoms with Crippen LogP contribution in [0.15, 0.2) is 62.9 Å². The molecule has 0 atom stereocenters. The van der Waals surface area contributed by atoms with Gasteiger partial charge in [0.2, 0.25) is 0 Å². The van der Waals surface area contributed by atoms with E-state index in [4.69, 9.17) is 0 Å². The SMILES string of the molecule is O=C1NC(=Nc2ccc(Br)cc2C(=O)O)S/C1=C\c1ccccc1. The minimum Gasteiger partial charge on any atom is -0.478 e. The number of nitrogens with one attached hydrogen (secondary N) is 1. The number of carbonyl (C=O) groups excluding carboxylic acids is 1. The lowest BCUT2D eigenvalue weighted by molar-refractivity contribution is -0.115. The highest BCUT2D eigenvalue weighted by Crippen LogP contribution is 2.30. The molecular weight excluding hydrogens is 392 g/mol. The maximum atomic E-state index is 12.0. The number of amidine groups is 1. The molecule has 0 saturated carbocycles. The van der Waals surface area contributed by atoms with Crippen molar-refractivity contribution in [1.29, 1.82) is 0 Å². The quantitative estimate of drug-likeness (QED) is 0.759. The highest BCUT2D eigenvalue weighted by Gasteiger charge is 2.24. The zero-order chi connectivity index (χ0) is 17.1. The number of aromatic carboxylic acids is 1. The summed E-state index contributed by atoms with van der Waals surface area (Å²) >= 11 is 4.42. The molecule has 1 aliphatic rings. The van der Waals surface area contributed by atoms with Crippen LogP contribution in [0, 0.1) is 0 Å². The second kappa shape index (κ2) is 7.02. The Morgan fingerprint density at radius 2 is 1.96 bits per heavy atom. The van der Waals surface area contributed by atoms with Crippen molar-refractivity contribution in [3.8, 4) is 0 Å². The number of carboxylic acids is 1. The maximum Gasteiger partial charge on any atom is 0.337 e. The fourth-order valence-corrected chi connectivity index (χ4v) is 3.26. The minimum atomic E-state index is -1.08. The summed E-state index contributed by atoms with van der Waals surface area (Å²) in [5.41, 5.74) is 1.26. The summed E-state index contributed by atoms with van der Waals surface area (Å²) in [5.74, 6) is -1.33. The van der Waals surface area contributed by atoms with E-state index in [-0.39, 0.29) is 17.2 Å². The van der Waals surface area contributed by atoms with Crippen LogP contribution in [0.25, 0.3) is 6.08 Å². The van der Waals surface area contributed by atoms with Crippen LogP contribution < -0.4 is 5.32 Å². The van der Waals surface area contributed by atoms with Gasteiger partial charge in [-0.25, -0.2) is 9.79 Å². The fraction of sp³-hybridized carbons (Fsp3) is 0. The van der Waals surface area contributed by atoms with Crippen molar-refractivity contribution in [2.75, 3.05) is 0 Å². The summed E-state index contributed by atoms with van der Waals surface area (Å²) in [6.45, 7) is 0. The van der Waals surface area contributed by atoms with E-state index in [0.29, 0.717) is 14.5 Å². The molecular formula is C17H11BrN2O3S. The van der Waals surface area contributed by atoms with Crippen LogP contribution in [0.1, 0.15) is 15.9 Å². The molecule has 24 heavy (non-hydrogen) atoms. The molecule has 1 aliphatic heterocycles. The van der Waals surface area contributed by atoms with Crippen LogP contribution in [-0.2, 0) is 4.79 Å². The fourth-order valence-electron chi connectivity index (χ4n) is 2.07. The van der Waals surface area contributed by atoms with Gasteiger partial charge in [-0.3, -0.25) is 4.79 Å². The average molecular weight is 403 g/mol. The summed E-state index contributed by atoms with van der Waals surface area (Å²) in [6.07, 6.45) is 1.77. The second-order valence-corrected chi connectivity index (χ2v) is 6.81. The zero-order valence-corrected chi connectivity index (χ0v) is 14.6. The Labute approximate surface area is 150 Å². The number of thioether (sulfide) groups is 1.